The second kappa shape index (κ2) is 8.96. The summed E-state index contributed by atoms with van der Waals surface area (Å²) in [6.45, 7) is 3.17. The highest BCUT2D eigenvalue weighted by molar-refractivity contribution is 7.19. The standard InChI is InChI=1S/C28H29NOS/c30-28(24-12-5-2-6-13-24,27-21-23-11-7-8-14-26(23)31-27)25-16-19-29(20-17-25)18-15-22-9-3-1-4-10-22/h1-14,21,25,30H,15-20H2. The summed E-state index contributed by atoms with van der Waals surface area (Å²) in [6, 6.07) is 31.7. The van der Waals surface area contributed by atoms with Gasteiger partial charge in [-0.3, -0.25) is 0 Å². The fourth-order valence-corrected chi connectivity index (χ4v) is 6.20. The number of thiophene rings is 1. The summed E-state index contributed by atoms with van der Waals surface area (Å²) < 4.78 is 1.24. The number of nitrogens with zero attached hydrogens (tertiary/aromatic N) is 1. The van der Waals surface area contributed by atoms with Crippen molar-refractivity contribution >= 4 is 21.4 Å². The Labute approximate surface area is 188 Å². The summed E-state index contributed by atoms with van der Waals surface area (Å²) in [5, 5.41) is 13.5. The van der Waals surface area contributed by atoms with E-state index in [0.29, 0.717) is 0 Å². The zero-order valence-electron chi connectivity index (χ0n) is 17.8. The molecule has 2 heterocycles. The SMILES string of the molecule is OC(c1ccccc1)(c1cc2ccccc2s1)C1CCN(CCc2ccccc2)CC1. The Kier molecular flexibility index (Phi) is 5.91. The van der Waals surface area contributed by atoms with Crippen molar-refractivity contribution in [1.29, 1.82) is 0 Å². The first-order chi connectivity index (χ1) is 15.2. The lowest BCUT2D eigenvalue weighted by molar-refractivity contribution is -0.0111. The molecule has 1 aliphatic heterocycles. The molecule has 5 rings (SSSR count). The Morgan fingerprint density at radius 2 is 1.48 bits per heavy atom. The van der Waals surface area contributed by atoms with Gasteiger partial charge in [-0.15, -0.1) is 11.3 Å². The summed E-state index contributed by atoms with van der Waals surface area (Å²) in [6.07, 6.45) is 3.10. The highest BCUT2D eigenvalue weighted by atomic mass is 32.1. The third kappa shape index (κ3) is 4.18. The lowest BCUT2D eigenvalue weighted by Gasteiger charge is -2.41. The first-order valence-corrected chi connectivity index (χ1v) is 12.1. The Hall–Kier alpha value is -2.46. The number of rotatable bonds is 6. The Bertz CT molecular complexity index is 1080. The van der Waals surface area contributed by atoms with Crippen molar-refractivity contribution in [3.8, 4) is 0 Å². The maximum absolute atomic E-state index is 12.3. The minimum absolute atomic E-state index is 0.218. The van der Waals surface area contributed by atoms with Crippen molar-refractivity contribution in [3.05, 3.63) is 107 Å². The largest absolute Gasteiger partial charge is 0.379 e. The highest BCUT2D eigenvalue weighted by Gasteiger charge is 2.42. The molecule has 158 valence electrons. The molecule has 1 aliphatic rings. The molecule has 0 radical (unpaired) electrons. The summed E-state index contributed by atoms with van der Waals surface area (Å²) in [4.78, 5) is 3.63. The third-order valence-electron chi connectivity index (χ3n) is 6.75. The van der Waals surface area contributed by atoms with E-state index >= 15 is 0 Å². The van der Waals surface area contributed by atoms with Gasteiger partial charge in [0.2, 0.25) is 0 Å². The highest BCUT2D eigenvalue weighted by Crippen LogP contribution is 2.45. The predicted octanol–water partition coefficient (Wildman–Crippen LogP) is 6.09. The zero-order valence-corrected chi connectivity index (χ0v) is 18.6. The molecular weight excluding hydrogens is 398 g/mol. The van der Waals surface area contributed by atoms with Crippen molar-refractivity contribution < 1.29 is 5.11 Å². The molecule has 3 aromatic carbocycles. The van der Waals surface area contributed by atoms with E-state index < -0.39 is 5.60 Å². The maximum Gasteiger partial charge on any atom is 0.127 e. The van der Waals surface area contributed by atoms with Crippen LogP contribution in [0.2, 0.25) is 0 Å². The molecule has 1 N–H and O–H groups in total. The monoisotopic (exact) mass is 427 g/mol. The van der Waals surface area contributed by atoms with E-state index in [9.17, 15) is 5.11 Å². The van der Waals surface area contributed by atoms with Crippen LogP contribution in [0.5, 0.6) is 0 Å². The molecule has 1 unspecified atom stereocenters. The number of hydrogen-bond donors (Lipinski definition) is 1. The molecule has 1 saturated heterocycles. The fourth-order valence-electron chi connectivity index (χ4n) is 4.95. The van der Waals surface area contributed by atoms with E-state index in [1.165, 1.54) is 15.6 Å². The summed E-state index contributed by atoms with van der Waals surface area (Å²) >= 11 is 1.74. The van der Waals surface area contributed by atoms with Gasteiger partial charge in [0, 0.05) is 16.1 Å². The second-order valence-electron chi connectivity index (χ2n) is 8.63. The minimum Gasteiger partial charge on any atom is -0.379 e. The van der Waals surface area contributed by atoms with Crippen LogP contribution >= 0.6 is 11.3 Å². The first kappa shape index (κ1) is 20.4. The predicted molar refractivity (Wildman–Crippen MR) is 131 cm³/mol. The van der Waals surface area contributed by atoms with Crippen LogP contribution in [-0.2, 0) is 12.0 Å². The minimum atomic E-state index is -0.934. The van der Waals surface area contributed by atoms with Crippen LogP contribution in [0, 0.1) is 5.92 Å². The number of aliphatic hydroxyl groups is 1. The molecule has 31 heavy (non-hydrogen) atoms. The molecule has 1 fully saturated rings. The summed E-state index contributed by atoms with van der Waals surface area (Å²) in [5.74, 6) is 0.218. The van der Waals surface area contributed by atoms with Gasteiger partial charge >= 0.3 is 0 Å². The van der Waals surface area contributed by atoms with Gasteiger partial charge in [0.1, 0.15) is 5.60 Å². The summed E-state index contributed by atoms with van der Waals surface area (Å²) in [5.41, 5.74) is 1.48. The number of likely N-dealkylation sites (tertiary alicyclic amines) is 1. The number of benzene rings is 3. The van der Waals surface area contributed by atoms with Crippen molar-refractivity contribution in [2.45, 2.75) is 24.9 Å². The zero-order chi connectivity index (χ0) is 21.1. The molecule has 1 aromatic heterocycles. The Balaban J connectivity index is 1.37. The molecule has 2 nitrogen and oxygen atoms in total. The number of hydrogen-bond acceptors (Lipinski definition) is 3. The van der Waals surface area contributed by atoms with Crippen LogP contribution in [0.15, 0.2) is 91.0 Å². The van der Waals surface area contributed by atoms with E-state index in [1.54, 1.807) is 11.3 Å². The molecule has 0 bridgehead atoms. The molecule has 1 atom stereocenters. The van der Waals surface area contributed by atoms with E-state index in [-0.39, 0.29) is 5.92 Å². The lowest BCUT2D eigenvalue weighted by atomic mass is 9.75. The van der Waals surface area contributed by atoms with Crippen LogP contribution < -0.4 is 0 Å². The van der Waals surface area contributed by atoms with Gasteiger partial charge in [-0.2, -0.15) is 0 Å². The average Bonchev–Trinajstić information content (AvgIpc) is 3.29. The average molecular weight is 428 g/mol. The molecule has 0 saturated carbocycles. The van der Waals surface area contributed by atoms with E-state index in [0.717, 1.165) is 49.3 Å². The van der Waals surface area contributed by atoms with E-state index in [4.69, 9.17) is 0 Å². The van der Waals surface area contributed by atoms with Gasteiger partial charge in [0.05, 0.1) is 0 Å². The molecular formula is C28H29NOS. The topological polar surface area (TPSA) is 23.5 Å². The van der Waals surface area contributed by atoms with E-state index in [1.807, 2.05) is 18.2 Å². The maximum atomic E-state index is 12.3. The molecule has 0 amide bonds. The van der Waals surface area contributed by atoms with Crippen molar-refractivity contribution in [2.24, 2.45) is 5.92 Å². The van der Waals surface area contributed by atoms with Crippen molar-refractivity contribution in [3.63, 3.8) is 0 Å². The van der Waals surface area contributed by atoms with Gasteiger partial charge in [-0.1, -0.05) is 78.9 Å². The van der Waals surface area contributed by atoms with Gasteiger partial charge in [0.15, 0.2) is 0 Å². The van der Waals surface area contributed by atoms with Crippen molar-refractivity contribution in [1.82, 2.24) is 4.90 Å². The van der Waals surface area contributed by atoms with Crippen LogP contribution in [0.4, 0.5) is 0 Å². The van der Waals surface area contributed by atoms with Gasteiger partial charge in [-0.05, 0) is 66.9 Å². The Morgan fingerprint density at radius 3 is 2.19 bits per heavy atom. The van der Waals surface area contributed by atoms with Gasteiger partial charge in [0.25, 0.3) is 0 Å². The van der Waals surface area contributed by atoms with Crippen LogP contribution in [0.3, 0.4) is 0 Å². The fraction of sp³-hybridized carbons (Fsp3) is 0.286. The molecule has 3 heteroatoms. The van der Waals surface area contributed by atoms with E-state index in [2.05, 4.69) is 77.7 Å². The van der Waals surface area contributed by atoms with Crippen molar-refractivity contribution in [2.75, 3.05) is 19.6 Å². The first-order valence-electron chi connectivity index (χ1n) is 11.3. The van der Waals surface area contributed by atoms with Gasteiger partial charge in [-0.25, -0.2) is 0 Å². The number of fused-ring (bicyclic) bond motifs is 1. The van der Waals surface area contributed by atoms with Crippen LogP contribution in [-0.4, -0.2) is 29.6 Å². The molecule has 0 aliphatic carbocycles. The number of piperidine rings is 1. The molecule has 4 aromatic rings. The quantitative estimate of drug-likeness (QED) is 0.402. The van der Waals surface area contributed by atoms with Gasteiger partial charge < -0.3 is 10.0 Å². The van der Waals surface area contributed by atoms with Crippen LogP contribution in [0.1, 0.15) is 28.8 Å². The summed E-state index contributed by atoms with van der Waals surface area (Å²) in [7, 11) is 0. The van der Waals surface area contributed by atoms with Crippen LogP contribution in [0.25, 0.3) is 10.1 Å². The Morgan fingerprint density at radius 1 is 0.839 bits per heavy atom. The molecule has 0 spiro atoms. The normalized spacial score (nSPS) is 17.6. The third-order valence-corrected chi connectivity index (χ3v) is 7.99. The second-order valence-corrected chi connectivity index (χ2v) is 9.72. The lowest BCUT2D eigenvalue weighted by Crippen LogP contribution is -2.44. The smallest absolute Gasteiger partial charge is 0.127 e.